The quantitative estimate of drug-likeness (QED) is 0.661. The molecule has 0 saturated carbocycles. The van der Waals surface area contributed by atoms with E-state index < -0.39 is 10.0 Å². The fraction of sp³-hybridized carbons (Fsp3) is 0.286. The molecule has 1 saturated heterocycles. The Kier molecular flexibility index (Phi) is 3.62. The van der Waals surface area contributed by atoms with E-state index in [2.05, 4.69) is 20.6 Å². The molecule has 3 heterocycles. The van der Waals surface area contributed by atoms with Gasteiger partial charge in [0.05, 0.1) is 4.90 Å². The van der Waals surface area contributed by atoms with Gasteiger partial charge in [0.25, 0.3) is 0 Å². The highest BCUT2D eigenvalue weighted by Crippen LogP contribution is 2.19. The Morgan fingerprint density at radius 3 is 2.42 bits per heavy atom. The van der Waals surface area contributed by atoms with E-state index in [1.54, 1.807) is 36.4 Å². The van der Waals surface area contributed by atoms with Crippen LogP contribution in [0.5, 0.6) is 0 Å². The first-order valence-corrected chi connectivity index (χ1v) is 8.94. The van der Waals surface area contributed by atoms with Crippen LogP contribution in [0.25, 0.3) is 5.65 Å². The number of tetrazole rings is 1. The minimum Gasteiger partial charge on any atom is -0.352 e. The summed E-state index contributed by atoms with van der Waals surface area (Å²) in [6.45, 7) is 1.94. The summed E-state index contributed by atoms with van der Waals surface area (Å²) in [5.41, 5.74) is 0.573. The van der Waals surface area contributed by atoms with Crippen molar-refractivity contribution in [2.45, 2.75) is 4.90 Å². The van der Waals surface area contributed by atoms with Crippen LogP contribution in [0.4, 0.5) is 5.82 Å². The number of sulfonamides is 1. The predicted octanol–water partition coefficient (Wildman–Crippen LogP) is 0.0302. The summed E-state index contributed by atoms with van der Waals surface area (Å²) in [6, 6.07) is 12.1. The van der Waals surface area contributed by atoms with Crippen molar-refractivity contribution in [3.05, 3.63) is 42.5 Å². The Balaban J connectivity index is 1.50. The molecule has 1 aromatic carbocycles. The van der Waals surface area contributed by atoms with E-state index in [4.69, 9.17) is 0 Å². The second kappa shape index (κ2) is 5.80. The molecule has 4 rings (SSSR count). The average molecular weight is 345 g/mol. The van der Waals surface area contributed by atoms with Crippen molar-refractivity contribution < 1.29 is 8.42 Å². The molecule has 9 nitrogen and oxygen atoms in total. The van der Waals surface area contributed by atoms with E-state index in [1.165, 1.54) is 8.94 Å². The third-order valence-electron chi connectivity index (χ3n) is 4.00. The fourth-order valence-corrected chi connectivity index (χ4v) is 4.15. The lowest BCUT2D eigenvalue weighted by molar-refractivity contribution is 0.383. The SMILES string of the molecule is O=S(=O)(c1ccccc1)N1CCN(c2ccc3nnnn3n2)CC1. The number of piperazine rings is 1. The molecular formula is C14H15N7O2S. The first kappa shape index (κ1) is 15.0. The maximum Gasteiger partial charge on any atom is 0.243 e. The number of rotatable bonds is 3. The Morgan fingerprint density at radius 2 is 1.67 bits per heavy atom. The lowest BCUT2D eigenvalue weighted by Crippen LogP contribution is -2.49. The Bertz CT molecular complexity index is 949. The van der Waals surface area contributed by atoms with Gasteiger partial charge in [0.1, 0.15) is 0 Å². The standard InChI is InChI=1S/C14H15N7O2S/c22-24(23,12-4-2-1-3-5-12)20-10-8-19(9-11-20)14-7-6-13-15-17-18-21(13)16-14/h1-7H,8-11H2. The second-order valence-corrected chi connectivity index (χ2v) is 7.36. The van der Waals surface area contributed by atoms with Crippen LogP contribution < -0.4 is 4.90 Å². The summed E-state index contributed by atoms with van der Waals surface area (Å²) >= 11 is 0. The fourth-order valence-electron chi connectivity index (χ4n) is 2.71. The zero-order valence-electron chi connectivity index (χ0n) is 12.7. The molecule has 0 spiro atoms. The van der Waals surface area contributed by atoms with Gasteiger partial charge in [-0.25, -0.2) is 8.42 Å². The van der Waals surface area contributed by atoms with Gasteiger partial charge in [0, 0.05) is 26.2 Å². The number of aromatic nitrogens is 5. The van der Waals surface area contributed by atoms with Gasteiger partial charge in [-0.2, -0.15) is 4.31 Å². The van der Waals surface area contributed by atoms with Crippen molar-refractivity contribution >= 4 is 21.5 Å². The van der Waals surface area contributed by atoms with E-state index in [1.807, 2.05) is 11.0 Å². The highest BCUT2D eigenvalue weighted by Gasteiger charge is 2.28. The van der Waals surface area contributed by atoms with Gasteiger partial charge < -0.3 is 4.90 Å². The Morgan fingerprint density at radius 1 is 0.917 bits per heavy atom. The van der Waals surface area contributed by atoms with Crippen molar-refractivity contribution in [3.8, 4) is 0 Å². The van der Waals surface area contributed by atoms with Gasteiger partial charge in [-0.15, -0.1) is 14.8 Å². The normalized spacial score (nSPS) is 16.6. The molecule has 1 fully saturated rings. The summed E-state index contributed by atoms with van der Waals surface area (Å²) < 4.78 is 28.1. The molecule has 2 aromatic heterocycles. The van der Waals surface area contributed by atoms with E-state index in [9.17, 15) is 8.42 Å². The van der Waals surface area contributed by atoms with Crippen LogP contribution in [-0.4, -0.2) is 64.2 Å². The minimum atomic E-state index is -3.44. The monoisotopic (exact) mass is 345 g/mol. The molecule has 0 unspecified atom stereocenters. The third-order valence-corrected chi connectivity index (χ3v) is 5.91. The first-order chi connectivity index (χ1) is 11.6. The highest BCUT2D eigenvalue weighted by atomic mass is 32.2. The lowest BCUT2D eigenvalue weighted by atomic mass is 10.3. The largest absolute Gasteiger partial charge is 0.352 e. The van der Waals surface area contributed by atoms with Crippen LogP contribution in [-0.2, 0) is 10.0 Å². The van der Waals surface area contributed by atoms with Crippen molar-refractivity contribution in [1.82, 2.24) is 29.6 Å². The molecule has 3 aromatic rings. The van der Waals surface area contributed by atoms with E-state index in [0.717, 1.165) is 5.82 Å². The van der Waals surface area contributed by atoms with E-state index in [0.29, 0.717) is 36.7 Å². The second-order valence-electron chi connectivity index (χ2n) is 5.42. The zero-order valence-corrected chi connectivity index (χ0v) is 13.5. The molecule has 124 valence electrons. The summed E-state index contributed by atoms with van der Waals surface area (Å²) in [6.07, 6.45) is 0. The lowest BCUT2D eigenvalue weighted by Gasteiger charge is -2.34. The summed E-state index contributed by atoms with van der Waals surface area (Å²) in [5.74, 6) is 0.728. The number of hydrogen-bond donors (Lipinski definition) is 0. The number of hydrogen-bond acceptors (Lipinski definition) is 7. The van der Waals surface area contributed by atoms with Gasteiger partial charge >= 0.3 is 0 Å². The van der Waals surface area contributed by atoms with Gasteiger partial charge in [0.15, 0.2) is 11.5 Å². The van der Waals surface area contributed by atoms with Gasteiger partial charge in [-0.3, -0.25) is 0 Å². The summed E-state index contributed by atoms with van der Waals surface area (Å²) in [5, 5.41) is 15.5. The van der Waals surface area contributed by atoms with Crippen LogP contribution in [0.1, 0.15) is 0 Å². The first-order valence-electron chi connectivity index (χ1n) is 7.50. The van der Waals surface area contributed by atoms with Crippen molar-refractivity contribution in [3.63, 3.8) is 0 Å². The van der Waals surface area contributed by atoms with Crippen molar-refractivity contribution in [2.75, 3.05) is 31.1 Å². The van der Waals surface area contributed by atoms with Crippen LogP contribution in [0.3, 0.4) is 0 Å². The van der Waals surface area contributed by atoms with E-state index in [-0.39, 0.29) is 0 Å². The minimum absolute atomic E-state index is 0.326. The number of anilines is 1. The molecule has 0 radical (unpaired) electrons. The Hall–Kier alpha value is -2.59. The van der Waals surface area contributed by atoms with Crippen LogP contribution in [0, 0.1) is 0 Å². The topological polar surface area (TPSA) is 96.6 Å². The maximum absolute atomic E-state index is 12.6. The average Bonchev–Trinajstić information content (AvgIpc) is 3.10. The van der Waals surface area contributed by atoms with E-state index >= 15 is 0 Å². The van der Waals surface area contributed by atoms with Gasteiger partial charge in [-0.05, 0) is 34.7 Å². The van der Waals surface area contributed by atoms with Crippen molar-refractivity contribution in [2.24, 2.45) is 0 Å². The molecular weight excluding hydrogens is 330 g/mol. The smallest absolute Gasteiger partial charge is 0.243 e. The molecule has 24 heavy (non-hydrogen) atoms. The molecule has 0 atom stereocenters. The molecule has 10 heteroatoms. The predicted molar refractivity (Wildman–Crippen MR) is 86.0 cm³/mol. The van der Waals surface area contributed by atoms with Crippen LogP contribution >= 0.6 is 0 Å². The summed E-state index contributed by atoms with van der Waals surface area (Å²) in [7, 11) is -3.44. The van der Waals surface area contributed by atoms with Crippen LogP contribution in [0.2, 0.25) is 0 Å². The third kappa shape index (κ3) is 2.59. The molecule has 0 bridgehead atoms. The van der Waals surface area contributed by atoms with Crippen molar-refractivity contribution in [1.29, 1.82) is 0 Å². The molecule has 0 aliphatic carbocycles. The zero-order chi connectivity index (χ0) is 16.6. The van der Waals surface area contributed by atoms with Crippen LogP contribution in [0.15, 0.2) is 47.4 Å². The number of nitrogens with zero attached hydrogens (tertiary/aromatic N) is 7. The molecule has 1 aliphatic rings. The van der Waals surface area contributed by atoms with Gasteiger partial charge in [0.2, 0.25) is 10.0 Å². The molecule has 0 amide bonds. The summed E-state index contributed by atoms with van der Waals surface area (Å²) in [4.78, 5) is 2.35. The van der Waals surface area contributed by atoms with Gasteiger partial charge in [-0.1, -0.05) is 18.2 Å². The highest BCUT2D eigenvalue weighted by molar-refractivity contribution is 7.89. The number of fused-ring (bicyclic) bond motifs is 1. The Labute approximate surface area is 138 Å². The maximum atomic E-state index is 12.6. The molecule has 0 N–H and O–H groups in total. The number of benzene rings is 1. The molecule has 1 aliphatic heterocycles.